The van der Waals surface area contributed by atoms with E-state index >= 15 is 0 Å². The summed E-state index contributed by atoms with van der Waals surface area (Å²) in [6, 6.07) is 8.97. The molecule has 1 unspecified atom stereocenters. The summed E-state index contributed by atoms with van der Waals surface area (Å²) in [4.78, 5) is 0. The minimum absolute atomic E-state index is 0.626. The fourth-order valence-electron chi connectivity index (χ4n) is 3.08. The molecule has 1 aliphatic rings. The van der Waals surface area contributed by atoms with Gasteiger partial charge in [0, 0.05) is 0 Å². The molecule has 0 aliphatic heterocycles. The Morgan fingerprint density at radius 2 is 1.81 bits per heavy atom. The number of rotatable bonds is 5. The van der Waals surface area contributed by atoms with Gasteiger partial charge < -0.3 is 4.65 Å². The third-order valence-electron chi connectivity index (χ3n) is 4.05. The average molecular weight is 316 g/mol. The second-order valence-electron chi connectivity index (χ2n) is 7.43. The lowest BCUT2D eigenvalue weighted by molar-refractivity contribution is 0.789. The van der Waals surface area contributed by atoms with Crippen molar-refractivity contribution < 1.29 is 0 Å². The van der Waals surface area contributed by atoms with Crippen molar-refractivity contribution in [3.8, 4) is 0 Å². The van der Waals surface area contributed by atoms with Crippen molar-refractivity contribution in [2.75, 3.05) is 0 Å². The first-order chi connectivity index (χ1) is 9.79. The Balaban J connectivity index is 2.48. The topological polar surface area (TPSA) is 12.0 Å². The lowest BCUT2D eigenvalue weighted by atomic mass is 10.1. The molecule has 1 aliphatic carbocycles. The molecular weight excluding hydrogens is 286 g/mol. The van der Waals surface area contributed by atoms with E-state index in [1.165, 1.54) is 5.56 Å². The van der Waals surface area contributed by atoms with Gasteiger partial charge in [-0.3, -0.25) is 0 Å². The zero-order chi connectivity index (χ0) is 15.6. The van der Waals surface area contributed by atoms with E-state index in [9.17, 15) is 0 Å². The van der Waals surface area contributed by atoms with Gasteiger partial charge in [-0.2, -0.15) is 0 Å². The minimum atomic E-state index is -1.31. The van der Waals surface area contributed by atoms with E-state index in [0.29, 0.717) is 5.92 Å². The molecule has 0 aromatic heterocycles. The third-order valence-corrected chi connectivity index (χ3v) is 11.2. The van der Waals surface area contributed by atoms with E-state index in [2.05, 4.69) is 81.5 Å². The third kappa shape index (κ3) is 4.05. The van der Waals surface area contributed by atoms with Crippen LogP contribution in [-0.4, -0.2) is 17.2 Å². The molecule has 0 radical (unpaired) electrons. The van der Waals surface area contributed by atoms with Crippen molar-refractivity contribution in [2.45, 2.75) is 46.8 Å². The quantitative estimate of drug-likeness (QED) is 0.815. The molecule has 1 N–H and O–H groups in total. The molecule has 114 valence electrons. The molecule has 21 heavy (non-hydrogen) atoms. The van der Waals surface area contributed by atoms with Crippen LogP contribution >= 0.6 is 0 Å². The zero-order valence-electron chi connectivity index (χ0n) is 14.3. The molecule has 1 aromatic carbocycles. The first-order valence-electron chi connectivity index (χ1n) is 8.02. The van der Waals surface area contributed by atoms with E-state index in [1.807, 2.05) is 0 Å². The van der Waals surface area contributed by atoms with Crippen molar-refractivity contribution >= 4 is 22.4 Å². The summed E-state index contributed by atoms with van der Waals surface area (Å²) < 4.78 is 4.12. The van der Waals surface area contributed by atoms with Gasteiger partial charge in [-0.05, 0) is 30.0 Å². The first kappa shape index (κ1) is 16.5. The lowest BCUT2D eigenvalue weighted by Gasteiger charge is -2.30. The Bertz CT molecular complexity index is 565. The van der Waals surface area contributed by atoms with Crippen LogP contribution < -0.4 is 9.83 Å². The van der Waals surface area contributed by atoms with Gasteiger partial charge >= 0.3 is 0 Å². The van der Waals surface area contributed by atoms with Gasteiger partial charge in [-0.15, -0.1) is 0 Å². The van der Waals surface area contributed by atoms with E-state index in [-0.39, 0.29) is 0 Å². The molecule has 0 saturated carbocycles. The summed E-state index contributed by atoms with van der Waals surface area (Å²) in [5.74, 6) is 0.626. The lowest BCUT2D eigenvalue weighted by Crippen LogP contribution is -2.58. The molecular formula is C18H29NSi2. The molecule has 0 saturated heterocycles. The smallest absolute Gasteiger partial charge is 0.163 e. The van der Waals surface area contributed by atoms with Gasteiger partial charge in [0.25, 0.3) is 0 Å². The number of hydrogen-bond acceptors (Lipinski definition) is 1. The van der Waals surface area contributed by atoms with Gasteiger partial charge in [0.15, 0.2) is 8.96 Å². The van der Waals surface area contributed by atoms with Crippen LogP contribution in [0.15, 0.2) is 47.2 Å². The van der Waals surface area contributed by atoms with E-state index < -0.39 is 17.2 Å². The molecule has 0 heterocycles. The highest BCUT2D eigenvalue weighted by Crippen LogP contribution is 2.27. The minimum Gasteiger partial charge on any atom is -0.355 e. The van der Waals surface area contributed by atoms with Crippen LogP contribution in [0.3, 0.4) is 0 Å². The fourth-order valence-corrected chi connectivity index (χ4v) is 10.2. The van der Waals surface area contributed by atoms with Crippen LogP contribution in [0, 0.1) is 12.8 Å². The maximum atomic E-state index is 4.12. The summed E-state index contributed by atoms with van der Waals surface area (Å²) in [7, 11) is -2.60. The SMILES string of the molecule is Cc1ccccc1[SiH](N[Si](C)(C)C)C1=C(C(C)C)C=CC1. The molecule has 2 rings (SSSR count). The van der Waals surface area contributed by atoms with Crippen LogP contribution in [0.4, 0.5) is 0 Å². The molecule has 1 aromatic rings. The van der Waals surface area contributed by atoms with Crippen molar-refractivity contribution in [3.63, 3.8) is 0 Å². The highest BCUT2D eigenvalue weighted by atomic mass is 28.4. The standard InChI is InChI=1S/C18H29NSi2/c1-14(2)16-11-9-13-18(16)20(19-21(4,5)6)17-12-8-7-10-15(17)3/h7-12,14,19-20H,13H2,1-6H3. The maximum Gasteiger partial charge on any atom is 0.163 e. The number of benzene rings is 1. The summed E-state index contributed by atoms with van der Waals surface area (Å²) in [5.41, 5.74) is 3.03. The van der Waals surface area contributed by atoms with Gasteiger partial charge in [0.1, 0.15) is 8.24 Å². The van der Waals surface area contributed by atoms with Crippen LogP contribution in [0.5, 0.6) is 0 Å². The van der Waals surface area contributed by atoms with Gasteiger partial charge in [-0.25, -0.2) is 0 Å². The van der Waals surface area contributed by atoms with Crippen molar-refractivity contribution in [1.82, 2.24) is 4.65 Å². The average Bonchev–Trinajstić information content (AvgIpc) is 2.85. The Morgan fingerprint density at radius 1 is 1.14 bits per heavy atom. The van der Waals surface area contributed by atoms with Gasteiger partial charge in [-0.1, -0.05) is 80.7 Å². The van der Waals surface area contributed by atoms with E-state index in [1.54, 1.807) is 16.0 Å². The Morgan fingerprint density at radius 3 is 2.38 bits per heavy atom. The summed E-state index contributed by atoms with van der Waals surface area (Å²) in [5, 5.41) is 3.29. The second-order valence-corrected chi connectivity index (χ2v) is 15.3. The molecule has 0 bridgehead atoms. The molecule has 1 atom stereocenters. The number of aryl methyl sites for hydroxylation is 1. The summed E-state index contributed by atoms with van der Waals surface area (Å²) in [6.45, 7) is 14.2. The predicted octanol–water partition coefficient (Wildman–Crippen LogP) is 3.80. The van der Waals surface area contributed by atoms with Crippen LogP contribution in [0.2, 0.25) is 19.6 Å². The fraction of sp³-hybridized carbons (Fsp3) is 0.444. The highest BCUT2D eigenvalue weighted by Gasteiger charge is 2.29. The maximum absolute atomic E-state index is 4.12. The number of allylic oxidation sites excluding steroid dienone is 4. The largest absolute Gasteiger partial charge is 0.355 e. The van der Waals surface area contributed by atoms with Crippen LogP contribution in [-0.2, 0) is 0 Å². The van der Waals surface area contributed by atoms with Gasteiger partial charge in [0.2, 0.25) is 0 Å². The summed E-state index contributed by atoms with van der Waals surface area (Å²) >= 11 is 0. The normalized spacial score (nSPS) is 16.9. The van der Waals surface area contributed by atoms with E-state index in [0.717, 1.165) is 6.42 Å². The first-order valence-corrected chi connectivity index (χ1v) is 13.3. The highest BCUT2D eigenvalue weighted by molar-refractivity contribution is 6.91. The predicted molar refractivity (Wildman–Crippen MR) is 100 cm³/mol. The number of nitrogens with one attached hydrogen (secondary N) is 1. The zero-order valence-corrected chi connectivity index (χ0v) is 16.5. The monoisotopic (exact) mass is 315 g/mol. The second kappa shape index (κ2) is 6.47. The van der Waals surface area contributed by atoms with E-state index in [4.69, 9.17) is 0 Å². The molecule has 3 heteroatoms. The number of hydrogen-bond donors (Lipinski definition) is 1. The molecule has 1 nitrogen and oxygen atoms in total. The van der Waals surface area contributed by atoms with Crippen LogP contribution in [0.1, 0.15) is 25.8 Å². The van der Waals surface area contributed by atoms with Crippen molar-refractivity contribution in [1.29, 1.82) is 0 Å². The Labute approximate surface area is 132 Å². The summed E-state index contributed by atoms with van der Waals surface area (Å²) in [6.07, 6.45) is 5.87. The Kier molecular flexibility index (Phi) is 5.07. The molecule has 0 spiro atoms. The van der Waals surface area contributed by atoms with Crippen molar-refractivity contribution in [3.05, 3.63) is 52.8 Å². The van der Waals surface area contributed by atoms with Crippen molar-refractivity contribution in [2.24, 2.45) is 5.92 Å². The molecule has 0 fully saturated rings. The van der Waals surface area contributed by atoms with Crippen LogP contribution in [0.25, 0.3) is 0 Å². The van der Waals surface area contributed by atoms with Gasteiger partial charge in [0.05, 0.1) is 0 Å². The Hall–Kier alpha value is -0.906. The molecule has 0 amide bonds.